The number of aliphatic hydroxyl groups excluding tert-OH is 1. The summed E-state index contributed by atoms with van der Waals surface area (Å²) < 4.78 is 0. The van der Waals surface area contributed by atoms with E-state index in [2.05, 4.69) is 13.8 Å². The van der Waals surface area contributed by atoms with Crippen LogP contribution in [0.25, 0.3) is 0 Å². The Hall–Kier alpha value is -0.370. The molecule has 12 heavy (non-hydrogen) atoms. The molecule has 0 heterocycles. The summed E-state index contributed by atoms with van der Waals surface area (Å²) in [6.45, 7) is 6.26. The minimum absolute atomic E-state index is 0.00347. The highest BCUT2D eigenvalue weighted by Crippen LogP contribution is 2.63. The first kappa shape index (κ1) is 8.24. The number of carbonyl (C=O) groups is 1. The summed E-state index contributed by atoms with van der Waals surface area (Å²) in [6, 6.07) is 0. The summed E-state index contributed by atoms with van der Waals surface area (Å²) in [4.78, 5) is 11.5. The maximum absolute atomic E-state index is 11.5. The normalized spacial score (nSPS) is 50.2. The third-order valence-electron chi connectivity index (χ3n) is 4.47. The summed E-state index contributed by atoms with van der Waals surface area (Å²) in [7, 11) is 0. The van der Waals surface area contributed by atoms with E-state index in [0.29, 0.717) is 18.6 Å². The van der Waals surface area contributed by atoms with Crippen molar-refractivity contribution in [3.05, 3.63) is 0 Å². The number of fused-ring (bicyclic) bond motifs is 2. The van der Waals surface area contributed by atoms with Crippen LogP contribution in [-0.4, -0.2) is 17.0 Å². The van der Waals surface area contributed by atoms with Gasteiger partial charge < -0.3 is 5.11 Å². The first-order valence-electron chi connectivity index (χ1n) is 4.60. The molecule has 1 N–H and O–H groups in total. The van der Waals surface area contributed by atoms with Crippen molar-refractivity contribution < 1.29 is 9.90 Å². The molecule has 0 aromatic rings. The molecule has 0 unspecified atom stereocenters. The average Bonchev–Trinajstić information content (AvgIpc) is 2.18. The fraction of sp³-hybridized carbons (Fsp3) is 0.900. The maximum Gasteiger partial charge on any atom is 0.137 e. The van der Waals surface area contributed by atoms with Gasteiger partial charge in [0.05, 0.1) is 6.10 Å². The van der Waals surface area contributed by atoms with Crippen molar-refractivity contribution in [2.45, 2.75) is 39.7 Å². The molecule has 0 saturated heterocycles. The Labute approximate surface area is 73.0 Å². The van der Waals surface area contributed by atoms with Gasteiger partial charge in [0.15, 0.2) is 0 Å². The number of aliphatic hydroxyl groups is 1. The highest BCUT2D eigenvalue weighted by atomic mass is 16.3. The smallest absolute Gasteiger partial charge is 0.137 e. The van der Waals surface area contributed by atoms with Gasteiger partial charge in [-0.25, -0.2) is 0 Å². The van der Waals surface area contributed by atoms with Crippen LogP contribution < -0.4 is 0 Å². The van der Waals surface area contributed by atoms with Gasteiger partial charge in [-0.2, -0.15) is 0 Å². The van der Waals surface area contributed by atoms with E-state index in [1.54, 1.807) is 0 Å². The molecule has 68 valence electrons. The molecule has 2 rings (SSSR count). The molecule has 2 heteroatoms. The predicted octanol–water partition coefficient (Wildman–Crippen LogP) is 1.37. The van der Waals surface area contributed by atoms with Crippen LogP contribution >= 0.6 is 0 Å². The number of rotatable bonds is 0. The minimum Gasteiger partial charge on any atom is -0.393 e. The summed E-state index contributed by atoms with van der Waals surface area (Å²) >= 11 is 0. The lowest BCUT2D eigenvalue weighted by atomic mass is 9.70. The Balaban J connectivity index is 2.47. The molecule has 0 aromatic heterocycles. The summed E-state index contributed by atoms with van der Waals surface area (Å²) in [5.41, 5.74) is -0.155. The molecular weight excluding hydrogens is 152 g/mol. The van der Waals surface area contributed by atoms with Crippen LogP contribution in [0.15, 0.2) is 0 Å². The standard InChI is InChI=1S/C10H16O2/c1-9(2)6-4-8(12)10(9,3)5-7(6)11/h6,8,12H,4-5H2,1-3H3/t6-,8-,10+/m1/s1. The zero-order valence-electron chi connectivity index (χ0n) is 7.92. The van der Waals surface area contributed by atoms with Crippen molar-refractivity contribution in [3.63, 3.8) is 0 Å². The Bertz CT molecular complexity index is 244. The number of hydrogen-bond donors (Lipinski definition) is 1. The molecule has 2 aliphatic rings. The Morgan fingerprint density at radius 2 is 2.00 bits per heavy atom. The molecule has 0 amide bonds. The molecule has 0 aromatic carbocycles. The van der Waals surface area contributed by atoms with Crippen LogP contribution in [-0.2, 0) is 4.79 Å². The largest absolute Gasteiger partial charge is 0.393 e. The van der Waals surface area contributed by atoms with E-state index in [1.165, 1.54) is 0 Å². The van der Waals surface area contributed by atoms with Gasteiger partial charge in [-0.05, 0) is 11.8 Å². The van der Waals surface area contributed by atoms with Gasteiger partial charge in [0.25, 0.3) is 0 Å². The van der Waals surface area contributed by atoms with Gasteiger partial charge >= 0.3 is 0 Å². The van der Waals surface area contributed by atoms with E-state index in [9.17, 15) is 9.90 Å². The average molecular weight is 168 g/mol. The summed E-state index contributed by atoms with van der Waals surface area (Å²) in [5, 5.41) is 9.78. The highest BCUT2D eigenvalue weighted by molar-refractivity contribution is 5.87. The third-order valence-corrected chi connectivity index (χ3v) is 4.47. The van der Waals surface area contributed by atoms with Gasteiger partial charge in [0.1, 0.15) is 5.78 Å². The van der Waals surface area contributed by atoms with Crippen molar-refractivity contribution in [1.82, 2.24) is 0 Å². The van der Waals surface area contributed by atoms with Crippen molar-refractivity contribution in [3.8, 4) is 0 Å². The van der Waals surface area contributed by atoms with E-state index in [1.807, 2.05) is 6.92 Å². The van der Waals surface area contributed by atoms with E-state index in [4.69, 9.17) is 0 Å². The van der Waals surface area contributed by atoms with Crippen molar-refractivity contribution in [1.29, 1.82) is 0 Å². The summed E-state index contributed by atoms with van der Waals surface area (Å²) in [5.74, 6) is 0.463. The van der Waals surface area contributed by atoms with Gasteiger partial charge in [-0.3, -0.25) is 4.79 Å². The molecule has 2 fully saturated rings. The quantitative estimate of drug-likeness (QED) is 0.593. The zero-order chi connectivity index (χ0) is 9.15. The van der Waals surface area contributed by atoms with E-state index >= 15 is 0 Å². The number of carbonyl (C=O) groups excluding carboxylic acids is 1. The van der Waals surface area contributed by atoms with Gasteiger partial charge in [0, 0.05) is 17.8 Å². The minimum atomic E-state index is -0.268. The van der Waals surface area contributed by atoms with Gasteiger partial charge in [-0.1, -0.05) is 20.8 Å². The SMILES string of the molecule is CC1(C)[C@@H]2C[C@@H](O)[C@]1(C)CC2=O. The number of ketones is 1. The van der Waals surface area contributed by atoms with E-state index < -0.39 is 0 Å². The molecule has 0 radical (unpaired) electrons. The van der Waals surface area contributed by atoms with Crippen LogP contribution in [0, 0.1) is 16.7 Å². The first-order chi connectivity index (χ1) is 5.39. The molecule has 3 atom stereocenters. The lowest BCUT2D eigenvalue weighted by Crippen LogP contribution is -2.35. The Morgan fingerprint density at radius 1 is 1.42 bits per heavy atom. The fourth-order valence-corrected chi connectivity index (χ4v) is 2.97. The second-order valence-electron chi connectivity index (χ2n) is 5.09. The molecular formula is C10H16O2. The van der Waals surface area contributed by atoms with Crippen molar-refractivity contribution in [2.24, 2.45) is 16.7 Å². The number of hydrogen-bond acceptors (Lipinski definition) is 2. The second-order valence-corrected chi connectivity index (χ2v) is 5.09. The maximum atomic E-state index is 11.5. The Kier molecular flexibility index (Phi) is 1.32. The first-order valence-corrected chi connectivity index (χ1v) is 4.60. The zero-order valence-corrected chi connectivity index (χ0v) is 7.92. The Morgan fingerprint density at radius 3 is 2.25 bits per heavy atom. The molecule has 2 nitrogen and oxygen atoms in total. The lowest BCUT2D eigenvalue weighted by Gasteiger charge is -2.35. The van der Waals surface area contributed by atoms with E-state index in [-0.39, 0.29) is 22.9 Å². The van der Waals surface area contributed by atoms with Gasteiger partial charge in [0.2, 0.25) is 0 Å². The predicted molar refractivity (Wildman–Crippen MR) is 45.6 cm³/mol. The second kappa shape index (κ2) is 1.92. The third kappa shape index (κ3) is 0.634. The molecule has 2 saturated carbocycles. The monoisotopic (exact) mass is 168 g/mol. The molecule has 0 spiro atoms. The van der Waals surface area contributed by atoms with Crippen LogP contribution in [0.5, 0.6) is 0 Å². The molecule has 2 bridgehead atoms. The van der Waals surface area contributed by atoms with Crippen molar-refractivity contribution >= 4 is 5.78 Å². The fourth-order valence-electron chi connectivity index (χ4n) is 2.97. The van der Waals surface area contributed by atoms with Gasteiger partial charge in [-0.15, -0.1) is 0 Å². The lowest BCUT2D eigenvalue weighted by molar-refractivity contribution is -0.124. The number of Topliss-reactive ketones (excluding diaryl/α,β-unsaturated/α-hetero) is 1. The van der Waals surface area contributed by atoms with E-state index in [0.717, 1.165) is 0 Å². The van der Waals surface area contributed by atoms with Crippen molar-refractivity contribution in [2.75, 3.05) is 0 Å². The van der Waals surface area contributed by atoms with Crippen LogP contribution in [0.3, 0.4) is 0 Å². The topological polar surface area (TPSA) is 37.3 Å². The van der Waals surface area contributed by atoms with Crippen LogP contribution in [0.1, 0.15) is 33.6 Å². The van der Waals surface area contributed by atoms with Crippen LogP contribution in [0.2, 0.25) is 0 Å². The molecule has 2 aliphatic carbocycles. The summed E-state index contributed by atoms with van der Waals surface area (Å²) in [6.07, 6.45) is 0.990. The molecule has 0 aliphatic heterocycles. The van der Waals surface area contributed by atoms with Crippen LogP contribution in [0.4, 0.5) is 0 Å². The highest BCUT2D eigenvalue weighted by Gasteiger charge is 2.65.